The summed E-state index contributed by atoms with van der Waals surface area (Å²) in [5, 5.41) is 3.51. The van der Waals surface area contributed by atoms with Gasteiger partial charge in [-0.1, -0.05) is 6.07 Å². The maximum atomic E-state index is 6.16. The van der Waals surface area contributed by atoms with Crippen LogP contribution in [-0.4, -0.2) is 36.6 Å². The van der Waals surface area contributed by atoms with Crippen molar-refractivity contribution < 1.29 is 4.74 Å². The normalized spacial score (nSPS) is 11.2. The minimum absolute atomic E-state index is 0.174. The maximum absolute atomic E-state index is 6.16. The highest BCUT2D eigenvalue weighted by Crippen LogP contribution is 2.26. The summed E-state index contributed by atoms with van der Waals surface area (Å²) in [5.41, 5.74) is 4.11. The summed E-state index contributed by atoms with van der Waals surface area (Å²) in [5.74, 6) is 1.14. The molecule has 0 saturated carbocycles. The first-order valence-corrected chi connectivity index (χ1v) is 9.53. The van der Waals surface area contributed by atoms with Crippen LogP contribution in [0.1, 0.15) is 25.5 Å². The number of hydrogen-bond acceptors (Lipinski definition) is 7. The molecule has 4 rings (SSSR count). The molecule has 8 nitrogen and oxygen atoms in total. The van der Waals surface area contributed by atoms with Crippen LogP contribution in [0.2, 0.25) is 5.28 Å². The second kappa shape index (κ2) is 8.00. The van der Waals surface area contributed by atoms with Crippen molar-refractivity contribution in [1.82, 2.24) is 29.5 Å². The summed E-state index contributed by atoms with van der Waals surface area (Å²) in [6, 6.07) is 7.86. The number of methoxy groups -OCH3 is 1. The third-order valence-corrected chi connectivity index (χ3v) is 4.68. The topological polar surface area (TPSA) is 90.6 Å². The van der Waals surface area contributed by atoms with Gasteiger partial charge >= 0.3 is 0 Å². The van der Waals surface area contributed by atoms with Gasteiger partial charge in [-0.2, -0.15) is 9.97 Å². The second-order valence-electron chi connectivity index (χ2n) is 6.71. The molecule has 0 aliphatic rings. The second-order valence-corrected chi connectivity index (χ2v) is 7.05. The quantitative estimate of drug-likeness (QED) is 0.478. The van der Waals surface area contributed by atoms with Gasteiger partial charge in [-0.15, -0.1) is 0 Å². The molecular formula is C20H20ClN7O. The monoisotopic (exact) mass is 409 g/mol. The van der Waals surface area contributed by atoms with Crippen molar-refractivity contribution >= 4 is 28.6 Å². The van der Waals surface area contributed by atoms with Crippen molar-refractivity contribution in [3.63, 3.8) is 0 Å². The van der Waals surface area contributed by atoms with Crippen molar-refractivity contribution in [3.8, 4) is 17.1 Å². The van der Waals surface area contributed by atoms with Crippen LogP contribution in [0.3, 0.4) is 0 Å². The molecule has 0 aliphatic heterocycles. The first kappa shape index (κ1) is 19.1. The van der Waals surface area contributed by atoms with Crippen LogP contribution < -0.4 is 10.1 Å². The van der Waals surface area contributed by atoms with Gasteiger partial charge in [0.05, 0.1) is 19.1 Å². The van der Waals surface area contributed by atoms with E-state index in [9.17, 15) is 0 Å². The molecule has 0 bridgehead atoms. The Kier molecular flexibility index (Phi) is 5.26. The van der Waals surface area contributed by atoms with Gasteiger partial charge in [-0.05, 0) is 43.1 Å². The number of rotatable bonds is 6. The highest BCUT2D eigenvalue weighted by atomic mass is 35.5. The lowest BCUT2D eigenvalue weighted by molar-refractivity contribution is 0.398. The Morgan fingerprint density at radius 2 is 2.00 bits per heavy atom. The number of halogens is 1. The molecule has 0 spiro atoms. The first-order chi connectivity index (χ1) is 14.1. The Labute approximate surface area is 173 Å². The number of anilines is 1. The van der Waals surface area contributed by atoms with Crippen LogP contribution in [0.5, 0.6) is 5.88 Å². The molecule has 4 aromatic heterocycles. The molecule has 4 heterocycles. The van der Waals surface area contributed by atoms with E-state index in [2.05, 4.69) is 44.1 Å². The van der Waals surface area contributed by atoms with E-state index in [1.807, 2.05) is 28.8 Å². The van der Waals surface area contributed by atoms with Crippen LogP contribution in [0.25, 0.3) is 22.4 Å². The third-order valence-electron chi connectivity index (χ3n) is 4.51. The molecular weight excluding hydrogens is 390 g/mol. The number of aromatic nitrogens is 6. The average Bonchev–Trinajstić information content (AvgIpc) is 3.16. The van der Waals surface area contributed by atoms with E-state index in [-0.39, 0.29) is 11.3 Å². The van der Waals surface area contributed by atoms with Crippen LogP contribution in [-0.2, 0) is 6.54 Å². The maximum Gasteiger partial charge on any atom is 0.226 e. The zero-order valence-electron chi connectivity index (χ0n) is 16.3. The van der Waals surface area contributed by atoms with Gasteiger partial charge in [-0.25, -0.2) is 9.97 Å². The number of imidazole rings is 1. The zero-order chi connectivity index (χ0) is 20.4. The number of nitrogens with zero attached hydrogens (tertiary/aromatic N) is 6. The van der Waals surface area contributed by atoms with Gasteiger partial charge in [0.25, 0.3) is 0 Å². The fourth-order valence-electron chi connectivity index (χ4n) is 3.05. The van der Waals surface area contributed by atoms with Gasteiger partial charge in [0.1, 0.15) is 0 Å². The average molecular weight is 410 g/mol. The van der Waals surface area contributed by atoms with Gasteiger partial charge in [0, 0.05) is 36.6 Å². The predicted molar refractivity (Wildman–Crippen MR) is 112 cm³/mol. The van der Waals surface area contributed by atoms with Crippen molar-refractivity contribution in [2.45, 2.75) is 26.4 Å². The third kappa shape index (κ3) is 3.84. The SMILES string of the molecule is COc1ccc(-c2ncccc2CNc2nc(Cl)nc3c2ncn3C(C)C)cn1. The van der Waals surface area contributed by atoms with E-state index in [4.69, 9.17) is 16.3 Å². The van der Waals surface area contributed by atoms with E-state index >= 15 is 0 Å². The Morgan fingerprint density at radius 3 is 2.72 bits per heavy atom. The molecule has 0 saturated heterocycles. The lowest BCUT2D eigenvalue weighted by Crippen LogP contribution is -2.06. The Hall–Kier alpha value is -3.26. The van der Waals surface area contributed by atoms with Gasteiger partial charge in [0.15, 0.2) is 17.0 Å². The first-order valence-electron chi connectivity index (χ1n) is 9.15. The fraction of sp³-hybridized carbons (Fsp3) is 0.250. The number of fused-ring (bicyclic) bond motifs is 1. The predicted octanol–water partition coefficient (Wildman–Crippen LogP) is 4.14. The summed E-state index contributed by atoms with van der Waals surface area (Å²) in [4.78, 5) is 21.9. The fourth-order valence-corrected chi connectivity index (χ4v) is 3.22. The highest BCUT2D eigenvalue weighted by molar-refractivity contribution is 6.28. The molecule has 0 radical (unpaired) electrons. The summed E-state index contributed by atoms with van der Waals surface area (Å²) in [7, 11) is 1.59. The van der Waals surface area contributed by atoms with Crippen LogP contribution in [0, 0.1) is 0 Å². The summed E-state index contributed by atoms with van der Waals surface area (Å²) < 4.78 is 7.10. The molecule has 29 heavy (non-hydrogen) atoms. The Balaban J connectivity index is 1.65. The molecule has 0 amide bonds. The standard InChI is InChI=1S/C20H20ClN7O/c1-12(2)28-11-25-17-18(26-20(21)27-19(17)28)24-10-13-5-4-8-22-16(13)14-6-7-15(29-3)23-9-14/h4-9,11-12H,10H2,1-3H3,(H,24,26,27). The number of nitrogens with one attached hydrogen (secondary N) is 1. The Morgan fingerprint density at radius 1 is 1.14 bits per heavy atom. The molecule has 0 fully saturated rings. The minimum atomic E-state index is 0.174. The number of pyridine rings is 2. The largest absolute Gasteiger partial charge is 0.481 e. The van der Waals surface area contributed by atoms with Crippen LogP contribution in [0.15, 0.2) is 43.0 Å². The molecule has 9 heteroatoms. The van der Waals surface area contributed by atoms with Crippen LogP contribution >= 0.6 is 11.6 Å². The molecule has 0 aromatic carbocycles. The molecule has 0 aliphatic carbocycles. The molecule has 0 unspecified atom stereocenters. The van der Waals surface area contributed by atoms with Crippen molar-refractivity contribution in [3.05, 3.63) is 53.8 Å². The van der Waals surface area contributed by atoms with Gasteiger partial charge in [0.2, 0.25) is 11.2 Å². The van der Waals surface area contributed by atoms with E-state index < -0.39 is 0 Å². The lowest BCUT2D eigenvalue weighted by atomic mass is 10.1. The number of ether oxygens (including phenoxy) is 1. The minimum Gasteiger partial charge on any atom is -0.481 e. The van der Waals surface area contributed by atoms with Crippen molar-refractivity contribution in [2.24, 2.45) is 0 Å². The molecule has 4 aromatic rings. The lowest BCUT2D eigenvalue weighted by Gasteiger charge is -2.12. The summed E-state index contributed by atoms with van der Waals surface area (Å²) in [6.45, 7) is 4.62. The van der Waals surface area contributed by atoms with E-state index in [1.54, 1.807) is 25.8 Å². The summed E-state index contributed by atoms with van der Waals surface area (Å²) >= 11 is 6.16. The van der Waals surface area contributed by atoms with E-state index in [1.165, 1.54) is 0 Å². The van der Waals surface area contributed by atoms with Crippen LogP contribution in [0.4, 0.5) is 5.82 Å². The Bertz CT molecular complexity index is 1140. The molecule has 1 N–H and O–H groups in total. The highest BCUT2D eigenvalue weighted by Gasteiger charge is 2.15. The van der Waals surface area contributed by atoms with Crippen molar-refractivity contribution in [2.75, 3.05) is 12.4 Å². The zero-order valence-corrected chi connectivity index (χ0v) is 17.1. The van der Waals surface area contributed by atoms with E-state index in [0.717, 1.165) is 16.8 Å². The summed E-state index contributed by atoms with van der Waals surface area (Å²) in [6.07, 6.45) is 5.26. The molecule has 0 atom stereocenters. The van der Waals surface area contributed by atoms with E-state index in [0.29, 0.717) is 29.4 Å². The van der Waals surface area contributed by atoms with Gasteiger partial charge < -0.3 is 14.6 Å². The number of hydrogen-bond donors (Lipinski definition) is 1. The molecule has 148 valence electrons. The van der Waals surface area contributed by atoms with Crippen molar-refractivity contribution in [1.29, 1.82) is 0 Å². The van der Waals surface area contributed by atoms with Gasteiger partial charge in [-0.3, -0.25) is 4.98 Å². The smallest absolute Gasteiger partial charge is 0.226 e.